The zero-order chi connectivity index (χ0) is 31.0. The van der Waals surface area contributed by atoms with Crippen molar-refractivity contribution < 1.29 is 56.0 Å². The summed E-state index contributed by atoms with van der Waals surface area (Å²) < 4.78 is 67.1. The van der Waals surface area contributed by atoms with E-state index in [2.05, 4.69) is 19.9 Å². The monoisotopic (exact) mass is 618 g/mol. The number of ether oxygens (including phenoxy) is 7. The maximum absolute atomic E-state index is 13.9. The van der Waals surface area contributed by atoms with Gasteiger partial charge in [0.1, 0.15) is 17.1 Å². The Morgan fingerprint density at radius 1 is 0.721 bits per heavy atom. The Kier molecular flexibility index (Phi) is 9.98. The molecule has 0 aliphatic carbocycles. The van der Waals surface area contributed by atoms with Crippen molar-refractivity contribution >= 4 is 13.6 Å². The second-order valence-electron chi connectivity index (χ2n) is 7.98. The predicted molar refractivity (Wildman–Crippen MR) is 145 cm³/mol. The van der Waals surface area contributed by atoms with Crippen LogP contribution >= 0.6 is 7.60 Å². The van der Waals surface area contributed by atoms with Gasteiger partial charge in [-0.1, -0.05) is 6.07 Å². The molecule has 0 saturated carbocycles. The summed E-state index contributed by atoms with van der Waals surface area (Å²) in [5.41, 5.74) is -0.311. The van der Waals surface area contributed by atoms with Crippen LogP contribution in [0.15, 0.2) is 53.1 Å². The first-order valence-electron chi connectivity index (χ1n) is 12.2. The Bertz CT molecular complexity index is 1470. The van der Waals surface area contributed by atoms with E-state index < -0.39 is 19.4 Å². The van der Waals surface area contributed by atoms with Crippen molar-refractivity contribution in [1.82, 2.24) is 19.9 Å². The summed E-state index contributed by atoms with van der Waals surface area (Å²) in [7, 11) is 3.76. The third-order valence-corrected chi connectivity index (χ3v) is 7.50. The maximum atomic E-state index is 13.9. The molecule has 228 valence electrons. The molecule has 0 radical (unpaired) electrons. The molecule has 0 aliphatic heterocycles. The molecule has 1 aromatic carbocycles. The first-order chi connectivity index (χ1) is 20.8. The SMILES string of the molecule is COc1cc(OC)nc(Oc2cccc(Oc3nc(OC)cc(OC)n3)c2C(=O)OC(c2ccco2)P(=O)(OC)OC)n1. The van der Waals surface area contributed by atoms with Gasteiger partial charge in [-0.05, 0) is 24.3 Å². The number of hydrogen-bond acceptors (Lipinski definition) is 16. The number of nitrogens with zero attached hydrogens (tertiary/aromatic N) is 4. The van der Waals surface area contributed by atoms with E-state index in [4.69, 9.17) is 46.6 Å². The molecule has 1 unspecified atom stereocenters. The van der Waals surface area contributed by atoms with Crippen LogP contribution in [0.1, 0.15) is 22.0 Å². The van der Waals surface area contributed by atoms with Crippen molar-refractivity contribution in [3.8, 4) is 47.0 Å². The lowest BCUT2D eigenvalue weighted by Gasteiger charge is -2.23. The quantitative estimate of drug-likeness (QED) is 0.138. The van der Waals surface area contributed by atoms with Gasteiger partial charge < -0.3 is 46.6 Å². The van der Waals surface area contributed by atoms with Crippen LogP contribution in [0.4, 0.5) is 0 Å². The Morgan fingerprint density at radius 3 is 1.56 bits per heavy atom. The highest BCUT2D eigenvalue weighted by Crippen LogP contribution is 2.61. The Hall–Kier alpha value is -4.92. The molecule has 0 amide bonds. The molecule has 3 heterocycles. The lowest BCUT2D eigenvalue weighted by Crippen LogP contribution is -2.15. The minimum atomic E-state index is -4.09. The first kappa shape index (κ1) is 31.0. The second kappa shape index (κ2) is 13.8. The summed E-state index contributed by atoms with van der Waals surface area (Å²) in [5.74, 6) is -2.53. The molecule has 17 heteroatoms. The second-order valence-corrected chi connectivity index (χ2v) is 10.3. The molecule has 43 heavy (non-hydrogen) atoms. The molecule has 0 aliphatic rings. The lowest BCUT2D eigenvalue weighted by atomic mass is 10.1. The number of methoxy groups -OCH3 is 4. The molecule has 0 bridgehead atoms. The van der Waals surface area contributed by atoms with Crippen LogP contribution in [0.2, 0.25) is 0 Å². The number of carbonyl (C=O) groups excluding carboxylic acids is 1. The van der Waals surface area contributed by atoms with E-state index in [0.29, 0.717) is 0 Å². The summed E-state index contributed by atoms with van der Waals surface area (Å²) >= 11 is 0. The van der Waals surface area contributed by atoms with Gasteiger partial charge in [0.25, 0.3) is 5.85 Å². The van der Waals surface area contributed by atoms with E-state index in [9.17, 15) is 9.36 Å². The normalized spacial score (nSPS) is 11.8. The standard InChI is InChI=1S/C26H27N4O12P/c1-33-18-13-19(34-2)28-25(27-18)40-15-9-7-10-16(41-26-29-20(35-3)14-21(30-26)36-4)22(15)23(31)42-24(17-11-8-12-39-17)43(32,37-5)38-6/h7-14,24H,1-6H3. The van der Waals surface area contributed by atoms with Crippen LogP contribution in [-0.2, 0) is 18.3 Å². The van der Waals surface area contributed by atoms with E-state index in [1.54, 1.807) is 0 Å². The van der Waals surface area contributed by atoms with Gasteiger partial charge in [0.2, 0.25) is 23.5 Å². The van der Waals surface area contributed by atoms with Crippen molar-refractivity contribution in [1.29, 1.82) is 0 Å². The molecule has 0 fully saturated rings. The van der Waals surface area contributed by atoms with E-state index in [1.165, 1.54) is 77.2 Å². The Morgan fingerprint density at radius 2 is 1.19 bits per heavy atom. The highest BCUT2D eigenvalue weighted by Gasteiger charge is 2.42. The fourth-order valence-corrected chi connectivity index (χ4v) is 4.71. The van der Waals surface area contributed by atoms with Gasteiger partial charge in [-0.3, -0.25) is 4.57 Å². The molecule has 3 aromatic heterocycles. The molecule has 1 atom stereocenters. The summed E-state index contributed by atoms with van der Waals surface area (Å²) in [4.78, 5) is 30.5. The summed E-state index contributed by atoms with van der Waals surface area (Å²) in [6.45, 7) is 0. The average Bonchev–Trinajstić information content (AvgIpc) is 3.57. The van der Waals surface area contributed by atoms with Crippen LogP contribution in [0.3, 0.4) is 0 Å². The van der Waals surface area contributed by atoms with Crippen molar-refractivity contribution in [2.75, 3.05) is 42.7 Å². The highest BCUT2D eigenvalue weighted by molar-refractivity contribution is 7.54. The molecule has 0 spiro atoms. The molecule has 16 nitrogen and oxygen atoms in total. The van der Waals surface area contributed by atoms with Crippen molar-refractivity contribution in [2.24, 2.45) is 0 Å². The van der Waals surface area contributed by atoms with E-state index in [1.807, 2.05) is 0 Å². The fourth-order valence-electron chi connectivity index (χ4n) is 3.49. The number of rotatable bonds is 14. The number of hydrogen-bond donors (Lipinski definition) is 0. The lowest BCUT2D eigenvalue weighted by molar-refractivity contribution is 0.0337. The Labute approximate surface area is 245 Å². The van der Waals surface area contributed by atoms with Gasteiger partial charge in [-0.15, -0.1) is 0 Å². The topological polar surface area (TPSA) is 182 Å². The van der Waals surface area contributed by atoms with Gasteiger partial charge in [0.15, 0.2) is 5.76 Å². The molecule has 0 N–H and O–H groups in total. The van der Waals surface area contributed by atoms with Gasteiger partial charge in [0.05, 0.1) is 46.8 Å². The third-order valence-electron chi connectivity index (χ3n) is 5.55. The summed E-state index contributed by atoms with van der Waals surface area (Å²) in [6, 6.07) is 9.65. The number of esters is 1. The van der Waals surface area contributed by atoms with Crippen LogP contribution in [0, 0.1) is 0 Å². The van der Waals surface area contributed by atoms with Crippen LogP contribution in [0.25, 0.3) is 0 Å². The summed E-state index contributed by atoms with van der Waals surface area (Å²) in [6.07, 6.45) is 1.30. The molecule has 4 aromatic rings. The van der Waals surface area contributed by atoms with Gasteiger partial charge in [0, 0.05) is 14.2 Å². The fraction of sp³-hybridized carbons (Fsp3) is 0.269. The predicted octanol–water partition coefficient (Wildman–Crippen LogP) is 4.82. The highest BCUT2D eigenvalue weighted by atomic mass is 31.2. The maximum Gasteiger partial charge on any atom is 0.378 e. The minimum Gasteiger partial charge on any atom is -0.481 e. The molecular formula is C26H27N4O12P. The van der Waals surface area contributed by atoms with Crippen molar-refractivity contribution in [2.45, 2.75) is 5.85 Å². The van der Waals surface area contributed by atoms with E-state index in [-0.39, 0.29) is 58.4 Å². The molecule has 0 saturated heterocycles. The van der Waals surface area contributed by atoms with E-state index in [0.717, 1.165) is 14.2 Å². The van der Waals surface area contributed by atoms with E-state index >= 15 is 0 Å². The molecular weight excluding hydrogens is 591 g/mol. The van der Waals surface area contributed by atoms with Gasteiger partial charge >= 0.3 is 25.6 Å². The largest absolute Gasteiger partial charge is 0.481 e. The van der Waals surface area contributed by atoms with Crippen LogP contribution < -0.4 is 28.4 Å². The number of aromatic nitrogens is 4. The first-order valence-corrected chi connectivity index (χ1v) is 13.8. The van der Waals surface area contributed by atoms with Crippen molar-refractivity contribution in [3.05, 3.63) is 60.1 Å². The van der Waals surface area contributed by atoms with Crippen LogP contribution in [-0.4, -0.2) is 68.6 Å². The smallest absolute Gasteiger partial charge is 0.378 e. The molecule has 4 rings (SSSR count). The van der Waals surface area contributed by atoms with Crippen LogP contribution in [0.5, 0.6) is 47.0 Å². The zero-order valence-electron chi connectivity index (χ0n) is 23.8. The summed E-state index contributed by atoms with van der Waals surface area (Å²) in [5, 5.41) is 0. The average molecular weight is 618 g/mol. The third kappa shape index (κ3) is 7.12. The number of furan rings is 1. The number of benzene rings is 1. The van der Waals surface area contributed by atoms with Gasteiger partial charge in [-0.2, -0.15) is 19.9 Å². The number of carbonyl (C=O) groups is 1. The van der Waals surface area contributed by atoms with Gasteiger partial charge in [-0.25, -0.2) is 4.79 Å². The minimum absolute atomic E-state index is 0.0111. The van der Waals surface area contributed by atoms with Crippen molar-refractivity contribution in [3.63, 3.8) is 0 Å². The Balaban J connectivity index is 1.83. The zero-order valence-corrected chi connectivity index (χ0v) is 24.7.